The van der Waals surface area contributed by atoms with E-state index in [-0.39, 0.29) is 28.8 Å². The third-order valence-electron chi connectivity index (χ3n) is 7.90. The highest BCUT2D eigenvalue weighted by atomic mass is 35.5. The lowest BCUT2D eigenvalue weighted by molar-refractivity contribution is 0.0631. The predicted molar refractivity (Wildman–Crippen MR) is 142 cm³/mol. The molecule has 1 saturated carbocycles. The number of rotatable bonds is 5. The van der Waals surface area contributed by atoms with Crippen LogP contribution in [-0.2, 0) is 6.54 Å². The van der Waals surface area contributed by atoms with Gasteiger partial charge in [0.2, 0.25) is 0 Å². The minimum Gasteiger partial charge on any atom is -0.313 e. The third kappa shape index (κ3) is 5.05. The SMILES string of the molecule is CC(C)(C)C1CCC2(CC1)CN(c1ccccc1Cl)C(=O)N2Cc1ccc(C(=O)Nc2nn[nH]n2)cc1. The fourth-order valence-corrected chi connectivity index (χ4v) is 5.91. The van der Waals surface area contributed by atoms with Crippen LogP contribution < -0.4 is 10.2 Å². The normalized spacial score (nSPS) is 22.1. The molecule has 2 aromatic carbocycles. The number of nitrogens with one attached hydrogen (secondary N) is 2. The van der Waals surface area contributed by atoms with Crippen LogP contribution in [0.2, 0.25) is 5.02 Å². The lowest BCUT2D eigenvalue weighted by Crippen LogP contribution is -2.50. The maximum atomic E-state index is 13.9. The highest BCUT2D eigenvalue weighted by Gasteiger charge is 2.52. The summed E-state index contributed by atoms with van der Waals surface area (Å²) in [6.07, 6.45) is 4.07. The summed E-state index contributed by atoms with van der Waals surface area (Å²) in [4.78, 5) is 30.2. The Morgan fingerprint density at radius 2 is 1.84 bits per heavy atom. The van der Waals surface area contributed by atoms with Crippen LogP contribution in [0.5, 0.6) is 0 Å². The molecule has 1 aliphatic carbocycles. The Morgan fingerprint density at radius 1 is 1.14 bits per heavy atom. The minimum atomic E-state index is -0.327. The zero-order chi connectivity index (χ0) is 26.2. The van der Waals surface area contributed by atoms with Crippen LogP contribution in [0.1, 0.15) is 62.4 Å². The van der Waals surface area contributed by atoms with E-state index in [1.165, 1.54) is 0 Å². The number of hydrogen-bond acceptors (Lipinski definition) is 5. The largest absolute Gasteiger partial charge is 0.325 e. The van der Waals surface area contributed by atoms with Crippen LogP contribution in [0.15, 0.2) is 48.5 Å². The molecular formula is C27H32ClN7O2. The number of tetrazole rings is 1. The number of anilines is 2. The number of amides is 3. The third-order valence-corrected chi connectivity index (χ3v) is 8.22. The first-order chi connectivity index (χ1) is 17.7. The van der Waals surface area contributed by atoms with Gasteiger partial charge in [0, 0.05) is 12.1 Å². The average molecular weight is 522 g/mol. The summed E-state index contributed by atoms with van der Waals surface area (Å²) in [6.45, 7) is 8.00. The molecule has 1 spiro atoms. The summed E-state index contributed by atoms with van der Waals surface area (Å²) in [5.74, 6) is 0.415. The van der Waals surface area contributed by atoms with Crippen LogP contribution >= 0.6 is 11.6 Å². The number of urea groups is 1. The molecule has 10 heteroatoms. The number of hydrogen-bond donors (Lipinski definition) is 2. The Bertz CT molecular complexity index is 1260. The molecule has 1 aliphatic heterocycles. The molecule has 2 N–H and O–H groups in total. The highest BCUT2D eigenvalue weighted by molar-refractivity contribution is 6.33. The molecule has 0 atom stereocenters. The standard InChI is InChI=1S/C27H32ClN7O2/c1-26(2,3)20-12-14-27(15-13-20)17-34(22-7-5-4-6-21(22)28)25(37)35(27)16-18-8-10-19(11-9-18)23(36)29-24-30-32-33-31-24/h4-11,20H,12-17H2,1-3H3,(H2,29,30,31,32,33,36). The lowest BCUT2D eigenvalue weighted by atomic mass is 9.67. The summed E-state index contributed by atoms with van der Waals surface area (Å²) in [5.41, 5.74) is 2.17. The molecule has 9 nitrogen and oxygen atoms in total. The first-order valence-corrected chi connectivity index (χ1v) is 13.0. The number of benzene rings is 2. The van der Waals surface area contributed by atoms with Crippen LogP contribution in [0.25, 0.3) is 0 Å². The smallest absolute Gasteiger partial charge is 0.313 e. The summed E-state index contributed by atoms with van der Waals surface area (Å²) < 4.78 is 0. The number of H-pyrrole nitrogens is 1. The van der Waals surface area contributed by atoms with Gasteiger partial charge in [-0.25, -0.2) is 4.79 Å². The van der Waals surface area contributed by atoms with Gasteiger partial charge in [-0.1, -0.05) is 61.7 Å². The van der Waals surface area contributed by atoms with Crippen molar-refractivity contribution in [3.8, 4) is 0 Å². The van der Waals surface area contributed by atoms with E-state index in [4.69, 9.17) is 11.6 Å². The quantitative estimate of drug-likeness (QED) is 0.459. The molecule has 1 aromatic heterocycles. The summed E-state index contributed by atoms with van der Waals surface area (Å²) in [5, 5.41) is 16.4. The number of carbonyl (C=O) groups is 2. The molecule has 5 rings (SSSR count). The van der Waals surface area contributed by atoms with Crippen LogP contribution in [0.3, 0.4) is 0 Å². The van der Waals surface area contributed by atoms with Crippen molar-refractivity contribution in [2.75, 3.05) is 16.8 Å². The van der Waals surface area contributed by atoms with Gasteiger partial charge in [-0.15, -0.1) is 5.10 Å². The molecule has 0 radical (unpaired) electrons. The van der Waals surface area contributed by atoms with Gasteiger partial charge in [-0.05, 0) is 72.1 Å². The van der Waals surface area contributed by atoms with Crippen molar-refractivity contribution in [3.63, 3.8) is 0 Å². The van der Waals surface area contributed by atoms with Crippen LogP contribution in [-0.4, -0.2) is 49.5 Å². The van der Waals surface area contributed by atoms with Gasteiger partial charge in [-0.3, -0.25) is 15.0 Å². The van der Waals surface area contributed by atoms with Gasteiger partial charge in [0.25, 0.3) is 11.9 Å². The van der Waals surface area contributed by atoms with Crippen molar-refractivity contribution < 1.29 is 9.59 Å². The van der Waals surface area contributed by atoms with Gasteiger partial charge in [0.15, 0.2) is 0 Å². The van der Waals surface area contributed by atoms with Crippen LogP contribution in [0, 0.1) is 11.3 Å². The Kier molecular flexibility index (Phi) is 6.66. The van der Waals surface area contributed by atoms with Crippen molar-refractivity contribution in [2.24, 2.45) is 11.3 Å². The maximum Gasteiger partial charge on any atom is 0.325 e. The molecular weight excluding hydrogens is 490 g/mol. The number of aromatic amines is 1. The zero-order valence-corrected chi connectivity index (χ0v) is 22.1. The first kappa shape index (κ1) is 25.2. The molecule has 2 heterocycles. The monoisotopic (exact) mass is 521 g/mol. The minimum absolute atomic E-state index is 0.0266. The van der Waals surface area contributed by atoms with Crippen LogP contribution in [0.4, 0.5) is 16.4 Å². The second-order valence-corrected chi connectivity index (χ2v) is 11.6. The first-order valence-electron chi connectivity index (χ1n) is 12.6. The topological polar surface area (TPSA) is 107 Å². The highest BCUT2D eigenvalue weighted by Crippen LogP contribution is 2.48. The van der Waals surface area contributed by atoms with E-state index in [9.17, 15) is 9.59 Å². The Labute approximate surface area is 221 Å². The second-order valence-electron chi connectivity index (χ2n) is 11.2. The molecule has 3 amide bonds. The predicted octanol–water partition coefficient (Wildman–Crippen LogP) is 5.52. The van der Waals surface area contributed by atoms with Gasteiger partial charge in [0.05, 0.1) is 22.8 Å². The summed E-state index contributed by atoms with van der Waals surface area (Å²) in [6, 6.07) is 14.8. The van der Waals surface area contributed by atoms with Gasteiger partial charge < -0.3 is 4.90 Å². The molecule has 194 valence electrons. The fourth-order valence-electron chi connectivity index (χ4n) is 5.67. The van der Waals surface area contributed by atoms with Crippen molar-refractivity contribution in [3.05, 3.63) is 64.7 Å². The van der Waals surface area contributed by atoms with Gasteiger partial charge in [0.1, 0.15) is 0 Å². The summed E-state index contributed by atoms with van der Waals surface area (Å²) in [7, 11) is 0. The van der Waals surface area contributed by atoms with E-state index in [2.05, 4.69) is 46.7 Å². The van der Waals surface area contributed by atoms with Gasteiger partial charge >= 0.3 is 6.03 Å². The molecule has 2 fully saturated rings. The summed E-state index contributed by atoms with van der Waals surface area (Å²) >= 11 is 6.52. The number of nitrogens with zero attached hydrogens (tertiary/aromatic N) is 5. The Balaban J connectivity index is 1.38. The molecule has 0 unspecified atom stereocenters. The van der Waals surface area contributed by atoms with E-state index in [1.807, 2.05) is 46.2 Å². The molecule has 37 heavy (non-hydrogen) atoms. The van der Waals surface area contributed by atoms with Crippen molar-refractivity contribution in [1.29, 1.82) is 0 Å². The van der Waals surface area contributed by atoms with E-state index in [0.717, 1.165) is 36.9 Å². The van der Waals surface area contributed by atoms with E-state index >= 15 is 0 Å². The number of aromatic nitrogens is 4. The van der Waals surface area contributed by atoms with E-state index < -0.39 is 0 Å². The number of para-hydroxylation sites is 1. The van der Waals surface area contributed by atoms with Gasteiger partial charge in [-0.2, -0.15) is 5.21 Å². The maximum absolute atomic E-state index is 13.9. The Morgan fingerprint density at radius 3 is 2.46 bits per heavy atom. The fraction of sp³-hybridized carbons (Fsp3) is 0.444. The van der Waals surface area contributed by atoms with E-state index in [0.29, 0.717) is 29.6 Å². The van der Waals surface area contributed by atoms with Crippen molar-refractivity contribution >= 4 is 35.2 Å². The molecule has 3 aromatic rings. The molecule has 1 saturated heterocycles. The second kappa shape index (κ2) is 9.78. The Hall–Kier alpha value is -3.46. The molecule has 0 bridgehead atoms. The van der Waals surface area contributed by atoms with Crippen molar-refractivity contribution in [1.82, 2.24) is 25.5 Å². The lowest BCUT2D eigenvalue weighted by Gasteiger charge is -2.45. The zero-order valence-electron chi connectivity index (χ0n) is 21.4. The molecule has 2 aliphatic rings. The average Bonchev–Trinajstić information content (AvgIpc) is 3.47. The number of carbonyl (C=O) groups excluding carboxylic acids is 2. The van der Waals surface area contributed by atoms with Crippen molar-refractivity contribution in [2.45, 2.75) is 58.5 Å². The van der Waals surface area contributed by atoms with E-state index in [1.54, 1.807) is 12.1 Å². The number of halogens is 1.